The van der Waals surface area contributed by atoms with Gasteiger partial charge in [0, 0.05) is 31.9 Å². The largest absolute Gasteiger partial charge is 0.372 e. The van der Waals surface area contributed by atoms with Crippen molar-refractivity contribution in [2.24, 2.45) is 0 Å². The normalized spacial score (nSPS) is 20.8. The van der Waals surface area contributed by atoms with Crippen molar-refractivity contribution in [1.29, 1.82) is 0 Å². The van der Waals surface area contributed by atoms with Crippen LogP contribution >= 0.6 is 0 Å². The van der Waals surface area contributed by atoms with Crippen molar-refractivity contribution in [1.82, 2.24) is 4.90 Å². The topological polar surface area (TPSA) is 91.0 Å². The van der Waals surface area contributed by atoms with Gasteiger partial charge in [-0.3, -0.25) is 4.72 Å². The third-order valence-corrected chi connectivity index (χ3v) is 6.40. The number of hydrogen-bond acceptors (Lipinski definition) is 5. The van der Waals surface area contributed by atoms with Gasteiger partial charge in [-0.25, -0.2) is 17.6 Å². The first-order valence-corrected chi connectivity index (χ1v) is 12.8. The van der Waals surface area contributed by atoms with Crippen LogP contribution in [-0.2, 0) is 27.7 Å². The van der Waals surface area contributed by atoms with Gasteiger partial charge in [-0.15, -0.1) is 0 Å². The summed E-state index contributed by atoms with van der Waals surface area (Å²) in [6.07, 6.45) is 1.66. The number of rotatable bonds is 4. The Balaban J connectivity index is 1.43. The number of carbonyl (C=O) groups excluding carboxylic acids is 1. The van der Waals surface area contributed by atoms with Gasteiger partial charge in [0.1, 0.15) is 5.82 Å². The molecule has 33 heavy (non-hydrogen) atoms. The van der Waals surface area contributed by atoms with Crippen LogP contribution < -0.4 is 14.9 Å². The van der Waals surface area contributed by atoms with Crippen LogP contribution in [0.15, 0.2) is 36.4 Å². The molecule has 2 atom stereocenters. The Morgan fingerprint density at radius 2 is 1.88 bits per heavy atom. The van der Waals surface area contributed by atoms with Crippen LogP contribution in [0, 0.1) is 5.82 Å². The second-order valence-electron chi connectivity index (χ2n) is 8.75. The van der Waals surface area contributed by atoms with E-state index >= 15 is 0 Å². The van der Waals surface area contributed by atoms with E-state index in [1.165, 1.54) is 6.07 Å². The molecule has 0 bridgehead atoms. The summed E-state index contributed by atoms with van der Waals surface area (Å²) in [5.74, 6) is -0.394. The van der Waals surface area contributed by atoms with Gasteiger partial charge in [-0.2, -0.15) is 0 Å². The average molecular weight is 477 g/mol. The standard InChI is InChI=1S/C23H29FN4O4S/c1-15-12-28(13-16(2)32-15)22-8-7-18(11-20(22)24)25-23(29)27-10-9-19-17(14-27)5-4-6-21(19)26-33(3,30)31/h4-8,11,15-16,26H,9-10,12-14H2,1-3H3,(H,25,29). The number of halogens is 1. The van der Waals surface area contributed by atoms with Crippen molar-refractivity contribution >= 4 is 33.1 Å². The molecule has 10 heteroatoms. The zero-order chi connectivity index (χ0) is 23.8. The van der Waals surface area contributed by atoms with Gasteiger partial charge in [0.15, 0.2) is 0 Å². The van der Waals surface area contributed by atoms with Gasteiger partial charge in [-0.05, 0) is 55.7 Å². The minimum atomic E-state index is -3.39. The summed E-state index contributed by atoms with van der Waals surface area (Å²) in [5.41, 5.74) is 3.18. The van der Waals surface area contributed by atoms with E-state index in [-0.39, 0.29) is 18.2 Å². The third kappa shape index (κ3) is 5.56. The number of hydrogen-bond donors (Lipinski definition) is 2. The molecule has 2 N–H and O–H groups in total. The minimum Gasteiger partial charge on any atom is -0.372 e. The highest BCUT2D eigenvalue weighted by Gasteiger charge is 2.26. The molecular weight excluding hydrogens is 447 g/mol. The Morgan fingerprint density at radius 1 is 1.15 bits per heavy atom. The number of amides is 2. The van der Waals surface area contributed by atoms with Gasteiger partial charge in [0.2, 0.25) is 10.0 Å². The summed E-state index contributed by atoms with van der Waals surface area (Å²) in [6.45, 7) is 5.90. The molecule has 2 amide bonds. The number of sulfonamides is 1. The van der Waals surface area contributed by atoms with Crippen LogP contribution in [0.1, 0.15) is 25.0 Å². The number of nitrogens with zero attached hydrogens (tertiary/aromatic N) is 2. The lowest BCUT2D eigenvalue weighted by atomic mass is 9.98. The van der Waals surface area contributed by atoms with E-state index < -0.39 is 15.8 Å². The first-order valence-electron chi connectivity index (χ1n) is 10.9. The number of benzene rings is 2. The predicted octanol–water partition coefficient (Wildman–Crippen LogP) is 3.40. The zero-order valence-corrected chi connectivity index (χ0v) is 19.8. The van der Waals surface area contributed by atoms with Crippen molar-refractivity contribution < 1.29 is 22.3 Å². The van der Waals surface area contributed by atoms with Crippen LogP contribution in [0.5, 0.6) is 0 Å². The summed E-state index contributed by atoms with van der Waals surface area (Å²) >= 11 is 0. The Labute approximate surface area is 193 Å². The highest BCUT2D eigenvalue weighted by Crippen LogP contribution is 2.29. The van der Waals surface area contributed by atoms with Gasteiger partial charge < -0.3 is 19.9 Å². The summed E-state index contributed by atoms with van der Waals surface area (Å²) in [7, 11) is -3.39. The number of nitrogens with one attached hydrogen (secondary N) is 2. The molecule has 2 aliphatic rings. The molecule has 178 valence electrons. The molecule has 0 aliphatic carbocycles. The lowest BCUT2D eigenvalue weighted by molar-refractivity contribution is -0.00539. The van der Waals surface area contributed by atoms with Crippen molar-refractivity contribution in [3.63, 3.8) is 0 Å². The maximum atomic E-state index is 14.9. The Morgan fingerprint density at radius 3 is 2.55 bits per heavy atom. The fourth-order valence-electron chi connectivity index (χ4n) is 4.50. The molecule has 2 unspecified atom stereocenters. The van der Waals surface area contributed by atoms with E-state index in [2.05, 4.69) is 10.0 Å². The molecule has 1 fully saturated rings. The number of morpholine rings is 1. The van der Waals surface area contributed by atoms with Crippen LogP contribution in [0.2, 0.25) is 0 Å². The lowest BCUT2D eigenvalue weighted by Gasteiger charge is -2.37. The molecular formula is C23H29FN4O4S. The molecule has 4 rings (SSSR count). The first kappa shape index (κ1) is 23.3. The van der Waals surface area contributed by atoms with E-state index in [4.69, 9.17) is 4.74 Å². The second kappa shape index (κ2) is 9.18. The highest BCUT2D eigenvalue weighted by molar-refractivity contribution is 7.92. The van der Waals surface area contributed by atoms with Gasteiger partial charge in [0.05, 0.1) is 29.8 Å². The number of urea groups is 1. The molecule has 0 spiro atoms. The Hall–Kier alpha value is -2.85. The van der Waals surface area contributed by atoms with E-state index in [0.717, 1.165) is 17.4 Å². The van der Waals surface area contributed by atoms with E-state index in [1.54, 1.807) is 29.2 Å². The minimum absolute atomic E-state index is 0.0164. The number of carbonyl (C=O) groups is 1. The average Bonchev–Trinajstić information content (AvgIpc) is 2.72. The summed E-state index contributed by atoms with van der Waals surface area (Å²) in [4.78, 5) is 16.4. The predicted molar refractivity (Wildman–Crippen MR) is 127 cm³/mol. The maximum absolute atomic E-state index is 14.9. The quantitative estimate of drug-likeness (QED) is 0.706. The number of ether oxygens (including phenoxy) is 1. The van der Waals surface area contributed by atoms with E-state index in [0.29, 0.717) is 49.7 Å². The van der Waals surface area contributed by atoms with Crippen LogP contribution in [0.3, 0.4) is 0 Å². The van der Waals surface area contributed by atoms with Crippen molar-refractivity contribution in [3.8, 4) is 0 Å². The van der Waals surface area contributed by atoms with E-state index in [1.807, 2.05) is 24.8 Å². The smallest absolute Gasteiger partial charge is 0.322 e. The monoisotopic (exact) mass is 476 g/mol. The fourth-order valence-corrected chi connectivity index (χ4v) is 5.09. The highest BCUT2D eigenvalue weighted by atomic mass is 32.2. The second-order valence-corrected chi connectivity index (χ2v) is 10.5. The summed E-state index contributed by atoms with van der Waals surface area (Å²) < 4.78 is 46.4. The summed E-state index contributed by atoms with van der Waals surface area (Å²) in [5, 5.41) is 2.78. The number of anilines is 3. The van der Waals surface area contributed by atoms with Crippen molar-refractivity contribution in [2.75, 3.05) is 40.8 Å². The SMILES string of the molecule is CC1CN(c2ccc(NC(=O)N3CCc4c(cccc4NS(C)(=O)=O)C3)cc2F)CC(C)O1. The molecule has 2 heterocycles. The Bertz CT molecular complexity index is 1150. The maximum Gasteiger partial charge on any atom is 0.322 e. The number of fused-ring (bicyclic) bond motifs is 1. The zero-order valence-electron chi connectivity index (χ0n) is 19.0. The molecule has 8 nitrogen and oxygen atoms in total. The molecule has 1 saturated heterocycles. The molecule has 0 aromatic heterocycles. The van der Waals surface area contributed by atoms with Crippen molar-refractivity contribution in [2.45, 2.75) is 39.0 Å². The molecule has 2 aromatic rings. The first-order chi connectivity index (χ1) is 15.6. The van der Waals surface area contributed by atoms with Gasteiger partial charge >= 0.3 is 6.03 Å². The van der Waals surface area contributed by atoms with E-state index in [9.17, 15) is 17.6 Å². The molecule has 0 radical (unpaired) electrons. The summed E-state index contributed by atoms with van der Waals surface area (Å²) in [6, 6.07) is 9.75. The third-order valence-electron chi connectivity index (χ3n) is 5.81. The molecule has 2 aromatic carbocycles. The van der Waals surface area contributed by atoms with Crippen LogP contribution in [0.25, 0.3) is 0 Å². The van der Waals surface area contributed by atoms with Gasteiger partial charge in [-0.1, -0.05) is 12.1 Å². The van der Waals surface area contributed by atoms with Crippen LogP contribution in [0.4, 0.5) is 26.2 Å². The lowest BCUT2D eigenvalue weighted by Crippen LogP contribution is -2.45. The molecule has 0 saturated carbocycles. The van der Waals surface area contributed by atoms with Crippen molar-refractivity contribution in [3.05, 3.63) is 53.3 Å². The van der Waals surface area contributed by atoms with Gasteiger partial charge in [0.25, 0.3) is 0 Å². The Kier molecular flexibility index (Phi) is 6.49. The van der Waals surface area contributed by atoms with Crippen LogP contribution in [-0.4, -0.2) is 57.4 Å². The molecule has 2 aliphatic heterocycles. The fraction of sp³-hybridized carbons (Fsp3) is 0.435.